The molecule has 3 heteroatoms. The van der Waals surface area contributed by atoms with Crippen LogP contribution < -0.4 is 0 Å². The molecule has 0 saturated heterocycles. The van der Waals surface area contributed by atoms with E-state index in [9.17, 15) is 0 Å². The van der Waals surface area contributed by atoms with Crippen molar-refractivity contribution in [2.24, 2.45) is 0 Å². The molecule has 0 fully saturated rings. The molecule has 0 radical (unpaired) electrons. The molecule has 0 aliphatic heterocycles. The number of hydrogen-bond donors (Lipinski definition) is 1. The molecule has 3 aromatic rings. The predicted molar refractivity (Wildman–Crippen MR) is 71.3 cm³/mol. The van der Waals surface area contributed by atoms with Gasteiger partial charge in [-0.2, -0.15) is 0 Å². The highest BCUT2D eigenvalue weighted by Crippen LogP contribution is 2.36. The summed E-state index contributed by atoms with van der Waals surface area (Å²) < 4.78 is 0. The smallest absolute Gasteiger partial charge is 0.116 e. The fourth-order valence-electron chi connectivity index (χ4n) is 2.88. The highest BCUT2D eigenvalue weighted by atomic mass is 14.8. The van der Waals surface area contributed by atoms with E-state index in [4.69, 9.17) is 0 Å². The van der Waals surface area contributed by atoms with Gasteiger partial charge in [0.2, 0.25) is 0 Å². The molecular formula is C15H13N3. The van der Waals surface area contributed by atoms with Crippen LogP contribution in [0.25, 0.3) is 22.2 Å². The van der Waals surface area contributed by atoms with Crippen molar-refractivity contribution in [3.05, 3.63) is 48.0 Å². The minimum Gasteiger partial charge on any atom is -0.358 e. The van der Waals surface area contributed by atoms with Crippen LogP contribution in [-0.4, -0.2) is 15.0 Å². The Labute approximate surface area is 105 Å². The number of aromatic amines is 1. The summed E-state index contributed by atoms with van der Waals surface area (Å²) in [6.07, 6.45) is 6.91. The first-order valence-corrected chi connectivity index (χ1v) is 6.32. The largest absolute Gasteiger partial charge is 0.358 e. The van der Waals surface area contributed by atoms with Crippen LogP contribution in [0.1, 0.15) is 17.7 Å². The summed E-state index contributed by atoms with van der Waals surface area (Å²) in [7, 11) is 0. The minimum absolute atomic E-state index is 1.06. The first-order chi connectivity index (χ1) is 8.93. The van der Waals surface area contributed by atoms with Crippen molar-refractivity contribution >= 4 is 10.9 Å². The van der Waals surface area contributed by atoms with Crippen molar-refractivity contribution in [2.75, 3.05) is 0 Å². The van der Waals surface area contributed by atoms with E-state index in [0.717, 1.165) is 25.0 Å². The second-order valence-corrected chi connectivity index (χ2v) is 4.77. The van der Waals surface area contributed by atoms with Gasteiger partial charge in [0.1, 0.15) is 6.33 Å². The number of para-hydroxylation sites is 1. The van der Waals surface area contributed by atoms with Crippen molar-refractivity contribution in [1.29, 1.82) is 0 Å². The fourth-order valence-corrected chi connectivity index (χ4v) is 2.88. The molecule has 2 heterocycles. The molecule has 0 saturated carbocycles. The Bertz CT molecular complexity index is 727. The van der Waals surface area contributed by atoms with Crippen LogP contribution in [-0.2, 0) is 12.8 Å². The molecule has 1 aliphatic rings. The van der Waals surface area contributed by atoms with E-state index in [1.54, 1.807) is 6.33 Å². The van der Waals surface area contributed by atoms with E-state index in [-0.39, 0.29) is 0 Å². The summed E-state index contributed by atoms with van der Waals surface area (Å²) in [5.41, 5.74) is 6.17. The Kier molecular flexibility index (Phi) is 2.00. The number of aryl methyl sites for hydroxylation is 2. The number of fused-ring (bicyclic) bond motifs is 5. The summed E-state index contributed by atoms with van der Waals surface area (Å²) >= 11 is 0. The van der Waals surface area contributed by atoms with E-state index in [1.807, 2.05) is 6.20 Å². The third-order valence-corrected chi connectivity index (χ3v) is 3.68. The maximum Gasteiger partial charge on any atom is 0.116 e. The normalized spacial score (nSPS) is 14.0. The zero-order valence-corrected chi connectivity index (χ0v) is 9.98. The van der Waals surface area contributed by atoms with Gasteiger partial charge < -0.3 is 4.98 Å². The Morgan fingerprint density at radius 1 is 1.11 bits per heavy atom. The summed E-state index contributed by atoms with van der Waals surface area (Å²) in [6, 6.07) is 8.45. The van der Waals surface area contributed by atoms with Crippen LogP contribution >= 0.6 is 0 Å². The lowest BCUT2D eigenvalue weighted by atomic mass is 10.0. The van der Waals surface area contributed by atoms with Crippen molar-refractivity contribution < 1.29 is 0 Å². The van der Waals surface area contributed by atoms with Crippen LogP contribution in [0.5, 0.6) is 0 Å². The van der Waals surface area contributed by atoms with Gasteiger partial charge in [0.25, 0.3) is 0 Å². The fraction of sp³-hybridized carbons (Fsp3) is 0.200. The molecule has 0 amide bonds. The SMILES string of the molecule is c1ccc2c3c([nH]c2c1)CCCc1cncnc1-3. The molecule has 1 aromatic carbocycles. The molecule has 4 rings (SSSR count). The molecule has 0 atom stereocenters. The van der Waals surface area contributed by atoms with Gasteiger partial charge in [-0.3, -0.25) is 0 Å². The zero-order valence-electron chi connectivity index (χ0n) is 9.98. The van der Waals surface area contributed by atoms with Crippen molar-refractivity contribution in [3.8, 4) is 11.3 Å². The maximum absolute atomic E-state index is 4.51. The Morgan fingerprint density at radius 3 is 3.06 bits per heavy atom. The standard InChI is InChI=1S/C15H13N3/c1-2-6-12-11(5-1)14-13(18-12)7-3-4-10-8-16-9-17-15(10)14/h1-2,5-6,8-9,18H,3-4,7H2. The van der Waals surface area contributed by atoms with Gasteiger partial charge >= 0.3 is 0 Å². The van der Waals surface area contributed by atoms with E-state index in [2.05, 4.69) is 39.2 Å². The molecule has 2 aromatic heterocycles. The zero-order chi connectivity index (χ0) is 11.9. The quantitative estimate of drug-likeness (QED) is 0.650. The Morgan fingerprint density at radius 2 is 2.06 bits per heavy atom. The number of H-pyrrole nitrogens is 1. The van der Waals surface area contributed by atoms with Crippen LogP contribution in [0.15, 0.2) is 36.8 Å². The van der Waals surface area contributed by atoms with Crippen molar-refractivity contribution in [3.63, 3.8) is 0 Å². The summed E-state index contributed by atoms with van der Waals surface area (Å²) in [5.74, 6) is 0. The first kappa shape index (κ1) is 9.83. The van der Waals surface area contributed by atoms with E-state index in [0.29, 0.717) is 0 Å². The van der Waals surface area contributed by atoms with Gasteiger partial charge in [0.05, 0.1) is 5.69 Å². The molecule has 3 nitrogen and oxygen atoms in total. The summed E-state index contributed by atoms with van der Waals surface area (Å²) in [4.78, 5) is 12.2. The minimum atomic E-state index is 1.06. The van der Waals surface area contributed by atoms with Gasteiger partial charge in [0, 0.05) is 28.4 Å². The highest BCUT2D eigenvalue weighted by molar-refractivity contribution is 5.97. The predicted octanol–water partition coefficient (Wildman–Crippen LogP) is 3.11. The van der Waals surface area contributed by atoms with Crippen LogP contribution in [0.3, 0.4) is 0 Å². The molecule has 1 aliphatic carbocycles. The highest BCUT2D eigenvalue weighted by Gasteiger charge is 2.19. The second-order valence-electron chi connectivity index (χ2n) is 4.77. The van der Waals surface area contributed by atoms with Gasteiger partial charge in [-0.1, -0.05) is 18.2 Å². The van der Waals surface area contributed by atoms with Crippen molar-refractivity contribution in [2.45, 2.75) is 19.3 Å². The Hall–Kier alpha value is -2.16. The number of nitrogens with one attached hydrogen (secondary N) is 1. The molecule has 1 N–H and O–H groups in total. The summed E-state index contributed by atoms with van der Waals surface area (Å²) in [5, 5.41) is 1.27. The van der Waals surface area contributed by atoms with E-state index >= 15 is 0 Å². The molecule has 0 bridgehead atoms. The van der Waals surface area contributed by atoms with Gasteiger partial charge in [-0.05, 0) is 30.9 Å². The molecule has 88 valence electrons. The first-order valence-electron chi connectivity index (χ1n) is 6.32. The van der Waals surface area contributed by atoms with Crippen molar-refractivity contribution in [1.82, 2.24) is 15.0 Å². The third-order valence-electron chi connectivity index (χ3n) is 3.68. The lowest BCUT2D eigenvalue weighted by Gasteiger charge is -2.04. The average molecular weight is 235 g/mol. The van der Waals surface area contributed by atoms with Gasteiger partial charge in [-0.15, -0.1) is 0 Å². The van der Waals surface area contributed by atoms with E-state index in [1.165, 1.54) is 27.7 Å². The van der Waals surface area contributed by atoms with Crippen LogP contribution in [0.4, 0.5) is 0 Å². The lowest BCUT2D eigenvalue weighted by molar-refractivity contribution is 0.815. The molecular weight excluding hydrogens is 222 g/mol. The maximum atomic E-state index is 4.51. The molecule has 18 heavy (non-hydrogen) atoms. The van der Waals surface area contributed by atoms with Gasteiger partial charge in [0.15, 0.2) is 0 Å². The topological polar surface area (TPSA) is 41.6 Å². The van der Waals surface area contributed by atoms with Gasteiger partial charge in [-0.25, -0.2) is 9.97 Å². The monoisotopic (exact) mass is 235 g/mol. The Balaban J connectivity index is 2.13. The molecule has 0 spiro atoms. The average Bonchev–Trinajstić information content (AvgIpc) is 2.68. The number of aromatic nitrogens is 3. The number of nitrogens with zero attached hydrogens (tertiary/aromatic N) is 2. The summed E-state index contributed by atoms with van der Waals surface area (Å²) in [6.45, 7) is 0. The van der Waals surface area contributed by atoms with Crippen LogP contribution in [0.2, 0.25) is 0 Å². The third kappa shape index (κ3) is 1.30. The number of benzene rings is 1. The van der Waals surface area contributed by atoms with Crippen LogP contribution in [0, 0.1) is 0 Å². The lowest BCUT2D eigenvalue weighted by Crippen LogP contribution is -1.92. The number of hydrogen-bond acceptors (Lipinski definition) is 2. The molecule has 0 unspecified atom stereocenters. The second kappa shape index (κ2) is 3.67. The van der Waals surface area contributed by atoms with E-state index < -0.39 is 0 Å². The number of rotatable bonds is 0.